The van der Waals surface area contributed by atoms with Gasteiger partial charge in [-0.25, -0.2) is 22.7 Å². The fourth-order valence-corrected chi connectivity index (χ4v) is 7.34. The lowest BCUT2D eigenvalue weighted by atomic mass is 9.98. The van der Waals surface area contributed by atoms with Crippen LogP contribution in [0, 0.1) is 0 Å². The third-order valence-electron chi connectivity index (χ3n) is 9.70. The molecule has 0 unspecified atom stereocenters. The molecule has 1 heterocycles. The molecular formula is C44H55NO17S2. The van der Waals surface area contributed by atoms with Crippen LogP contribution in [0.2, 0.25) is 0 Å². The molecule has 0 saturated carbocycles. The summed E-state index contributed by atoms with van der Waals surface area (Å²) >= 11 is 0. The molecule has 1 aliphatic heterocycles. The maximum absolute atomic E-state index is 13.7. The van der Waals surface area contributed by atoms with Gasteiger partial charge in [-0.3, -0.25) is 13.9 Å². The first-order valence-corrected chi connectivity index (χ1v) is 23.6. The summed E-state index contributed by atoms with van der Waals surface area (Å²) in [6.07, 6.45) is -1.53. The molecule has 1 aliphatic rings. The van der Waals surface area contributed by atoms with Gasteiger partial charge in [0, 0.05) is 6.42 Å². The van der Waals surface area contributed by atoms with Crippen molar-refractivity contribution >= 4 is 44.6 Å². The van der Waals surface area contributed by atoms with E-state index in [0.717, 1.165) is 38.5 Å². The molecule has 0 spiro atoms. The number of ether oxygens (including phenoxy) is 5. The Hall–Kier alpha value is -5.06. The largest absolute Gasteiger partial charge is 0.452 e. The van der Waals surface area contributed by atoms with E-state index < -0.39 is 101 Å². The number of rotatable bonds is 26. The van der Waals surface area contributed by atoms with Gasteiger partial charge in [0.1, 0.15) is 18.3 Å². The summed E-state index contributed by atoms with van der Waals surface area (Å²) in [4.78, 5) is 54.4. The lowest BCUT2D eigenvalue weighted by Gasteiger charge is -2.44. The van der Waals surface area contributed by atoms with Crippen molar-refractivity contribution < 1.29 is 77.2 Å². The molecule has 64 heavy (non-hydrogen) atoms. The summed E-state index contributed by atoms with van der Waals surface area (Å²) in [5.41, 5.74) is 0.0925. The highest BCUT2D eigenvalue weighted by molar-refractivity contribution is 7.81. The quantitative estimate of drug-likeness (QED) is 0.0274. The maximum atomic E-state index is 13.7. The van der Waals surface area contributed by atoms with E-state index in [1.165, 1.54) is 48.5 Å². The monoisotopic (exact) mass is 933 g/mol. The zero-order valence-corrected chi connectivity index (χ0v) is 37.1. The van der Waals surface area contributed by atoms with Gasteiger partial charge in [-0.1, -0.05) is 107 Å². The molecular weight excluding hydrogens is 879 g/mol. The number of allylic oxidation sites excluding steroid dienone is 1. The molecule has 3 N–H and O–H groups in total. The molecule has 20 heteroatoms. The molecule has 1 fully saturated rings. The van der Waals surface area contributed by atoms with E-state index in [4.69, 9.17) is 27.9 Å². The highest BCUT2D eigenvalue weighted by atomic mass is 32.3. The minimum Gasteiger partial charge on any atom is -0.452 e. The average Bonchev–Trinajstić information content (AvgIpc) is 3.27. The first-order chi connectivity index (χ1) is 30.6. The zero-order valence-electron chi connectivity index (χ0n) is 35.5. The molecule has 0 aromatic heterocycles. The number of benzene rings is 3. The smallest absolute Gasteiger partial charge is 0.397 e. The van der Waals surface area contributed by atoms with Gasteiger partial charge in [-0.15, -0.1) is 0 Å². The minimum atomic E-state index is -5.50. The van der Waals surface area contributed by atoms with E-state index in [9.17, 15) is 45.1 Å². The third-order valence-corrected chi connectivity index (χ3v) is 10.6. The van der Waals surface area contributed by atoms with Crippen LogP contribution in [-0.4, -0.2) is 106 Å². The number of hydrogen-bond acceptors (Lipinski definition) is 15. The number of nitrogens with one attached hydrogen (secondary N) is 1. The Morgan fingerprint density at radius 1 is 0.688 bits per heavy atom. The number of esters is 3. The number of unbranched alkanes of at least 4 members (excludes halogenated alkanes) is 6. The van der Waals surface area contributed by atoms with Gasteiger partial charge >= 0.3 is 38.7 Å². The van der Waals surface area contributed by atoms with Gasteiger partial charge in [0.25, 0.3) is 0 Å². The second kappa shape index (κ2) is 26.0. The molecule has 350 valence electrons. The van der Waals surface area contributed by atoms with Crippen molar-refractivity contribution in [2.45, 2.75) is 114 Å². The van der Waals surface area contributed by atoms with Crippen molar-refractivity contribution in [3.63, 3.8) is 0 Å². The average molecular weight is 934 g/mol. The SMILES string of the molecule is CCCCCC/C=C/[C@@H](OC(=O)c1ccccc1)[C@H](CO[C@@H]1O[C@H](COS(=O)(=O)O)[C@H](OS(=O)(=O)O)[C@H](OC(=O)c2ccccc2)[C@H]1OC(=O)c1ccccc1)NC(=O)CCCCC. The first kappa shape index (κ1) is 51.6. The predicted octanol–water partition coefficient (Wildman–Crippen LogP) is 6.00. The van der Waals surface area contributed by atoms with Crippen molar-refractivity contribution in [3.05, 3.63) is 120 Å². The summed E-state index contributed by atoms with van der Waals surface area (Å²) < 4.78 is 107. The van der Waals surface area contributed by atoms with E-state index >= 15 is 0 Å². The Kier molecular flexibility index (Phi) is 21.0. The number of carbonyl (C=O) groups excluding carboxylic acids is 4. The van der Waals surface area contributed by atoms with Crippen molar-refractivity contribution in [2.75, 3.05) is 13.2 Å². The Labute approximate surface area is 373 Å². The molecule has 0 bridgehead atoms. The fourth-order valence-electron chi connectivity index (χ4n) is 6.52. The second-order valence-corrected chi connectivity index (χ2v) is 16.8. The summed E-state index contributed by atoms with van der Waals surface area (Å²) in [5.74, 6) is -3.37. The van der Waals surface area contributed by atoms with Crippen LogP contribution in [-0.2, 0) is 57.6 Å². The van der Waals surface area contributed by atoms with Gasteiger partial charge < -0.3 is 29.0 Å². The topological polar surface area (TPSA) is 254 Å². The van der Waals surface area contributed by atoms with Gasteiger partial charge in [-0.2, -0.15) is 16.8 Å². The number of amides is 1. The molecule has 0 radical (unpaired) electrons. The Morgan fingerprint density at radius 3 is 1.75 bits per heavy atom. The van der Waals surface area contributed by atoms with Crippen LogP contribution < -0.4 is 5.32 Å². The molecule has 1 saturated heterocycles. The van der Waals surface area contributed by atoms with Gasteiger partial charge in [0.15, 0.2) is 18.5 Å². The van der Waals surface area contributed by atoms with Gasteiger partial charge in [0.05, 0.1) is 35.9 Å². The van der Waals surface area contributed by atoms with Crippen LogP contribution in [0.25, 0.3) is 0 Å². The van der Waals surface area contributed by atoms with Crippen LogP contribution in [0.15, 0.2) is 103 Å². The van der Waals surface area contributed by atoms with Gasteiger partial charge in [0.2, 0.25) is 5.91 Å². The Bertz CT molecular complexity index is 2170. The van der Waals surface area contributed by atoms with Crippen LogP contribution >= 0.6 is 0 Å². The van der Waals surface area contributed by atoms with Crippen LogP contribution in [0.5, 0.6) is 0 Å². The lowest BCUT2D eigenvalue weighted by molar-refractivity contribution is -0.296. The van der Waals surface area contributed by atoms with E-state index in [-0.39, 0.29) is 23.1 Å². The fraction of sp³-hybridized carbons (Fsp3) is 0.455. The van der Waals surface area contributed by atoms with E-state index in [0.29, 0.717) is 12.8 Å². The third kappa shape index (κ3) is 17.8. The molecule has 3 aromatic rings. The highest BCUT2D eigenvalue weighted by Gasteiger charge is 2.54. The summed E-state index contributed by atoms with van der Waals surface area (Å²) in [6, 6.07) is 21.6. The standard InChI is InChI=1S/C44H55NO17S2/c1-3-5-7-8-9-20-27-35(58-41(47)31-21-14-10-15-22-31)34(45-37(46)28-13-6-4-2)29-56-44-40(61-43(49)33-25-18-12-19-26-33)39(60-42(48)32-23-16-11-17-24-32)38(62-64(53,54)55)36(59-44)30-57-63(50,51)52/h10-12,14-27,34-36,38-40,44H,3-9,13,28-30H2,1-2H3,(H,45,46)(H,50,51,52)(H,53,54,55)/b27-20+/t34-,35+,36+,38-,39-,40+,44+/m0/s1. The molecule has 4 rings (SSSR count). The van der Waals surface area contributed by atoms with E-state index in [2.05, 4.69) is 16.4 Å². The van der Waals surface area contributed by atoms with E-state index in [1.54, 1.807) is 54.6 Å². The van der Waals surface area contributed by atoms with Crippen LogP contribution in [0.3, 0.4) is 0 Å². The second-order valence-electron chi connectivity index (χ2n) is 14.7. The Balaban J connectivity index is 1.82. The molecule has 1 amide bonds. The van der Waals surface area contributed by atoms with Crippen LogP contribution in [0.4, 0.5) is 0 Å². The van der Waals surface area contributed by atoms with Crippen molar-refractivity contribution in [1.82, 2.24) is 5.32 Å². The zero-order chi connectivity index (χ0) is 46.5. The first-order valence-electron chi connectivity index (χ1n) is 20.9. The summed E-state index contributed by atoms with van der Waals surface area (Å²) in [7, 11) is -10.8. The molecule has 7 atom stereocenters. The maximum Gasteiger partial charge on any atom is 0.397 e. The summed E-state index contributed by atoms with van der Waals surface area (Å²) in [5, 5.41) is 2.86. The van der Waals surface area contributed by atoms with E-state index in [1.807, 2.05) is 6.92 Å². The molecule has 0 aliphatic carbocycles. The minimum absolute atomic E-state index is 0.0346. The highest BCUT2D eigenvalue weighted by Crippen LogP contribution is 2.32. The normalized spacial score (nSPS) is 19.9. The molecule has 3 aromatic carbocycles. The molecule has 18 nitrogen and oxygen atoms in total. The Morgan fingerprint density at radius 2 is 1.22 bits per heavy atom. The number of hydrogen-bond donors (Lipinski definition) is 3. The number of carbonyl (C=O) groups is 4. The predicted molar refractivity (Wildman–Crippen MR) is 229 cm³/mol. The van der Waals surface area contributed by atoms with Crippen molar-refractivity contribution in [2.24, 2.45) is 0 Å². The van der Waals surface area contributed by atoms with Crippen molar-refractivity contribution in [3.8, 4) is 0 Å². The lowest BCUT2D eigenvalue weighted by Crippen LogP contribution is -2.63. The van der Waals surface area contributed by atoms with Crippen LogP contribution in [0.1, 0.15) is 103 Å². The summed E-state index contributed by atoms with van der Waals surface area (Å²) in [6.45, 7) is 2.21. The van der Waals surface area contributed by atoms with Crippen molar-refractivity contribution in [1.29, 1.82) is 0 Å². The van der Waals surface area contributed by atoms with Gasteiger partial charge in [-0.05, 0) is 61.7 Å².